The van der Waals surface area contributed by atoms with E-state index in [0.717, 1.165) is 0 Å². The normalized spacial score (nSPS) is 39.2. The van der Waals surface area contributed by atoms with E-state index in [9.17, 15) is 9.59 Å². The summed E-state index contributed by atoms with van der Waals surface area (Å²) in [6, 6.07) is 0. The van der Waals surface area contributed by atoms with Crippen LogP contribution < -0.4 is 0 Å². The van der Waals surface area contributed by atoms with E-state index in [1.165, 1.54) is 28.3 Å². The molecule has 0 spiro atoms. The Labute approximate surface area is 141 Å². The summed E-state index contributed by atoms with van der Waals surface area (Å²) in [5, 5.41) is 0. The number of Topliss-reactive ketones (excluding diaryl/α,β-unsaturated/α-hetero) is 1. The molecule has 2 aliphatic rings. The van der Waals surface area contributed by atoms with Gasteiger partial charge in [-0.2, -0.15) is 0 Å². The third kappa shape index (κ3) is 3.12. The molecule has 0 radical (unpaired) electrons. The Hall–Kier alpha value is -1.32. The van der Waals surface area contributed by atoms with Crippen molar-refractivity contribution in [2.24, 2.45) is 0 Å². The van der Waals surface area contributed by atoms with E-state index in [2.05, 4.69) is 0 Å². The highest BCUT2D eigenvalue weighted by Gasteiger charge is 2.60. The summed E-state index contributed by atoms with van der Waals surface area (Å²) >= 11 is 0. The fourth-order valence-electron chi connectivity index (χ4n) is 2.81. The molecule has 0 aromatic carbocycles. The third-order valence-electron chi connectivity index (χ3n) is 4.58. The molecule has 8 heteroatoms. The van der Waals surface area contributed by atoms with Gasteiger partial charge in [0.2, 0.25) is 11.6 Å². The lowest BCUT2D eigenvalue weighted by molar-refractivity contribution is -0.447. The maximum absolute atomic E-state index is 12.7. The van der Waals surface area contributed by atoms with E-state index in [-0.39, 0.29) is 12.4 Å². The van der Waals surface area contributed by atoms with E-state index in [1.54, 1.807) is 19.9 Å². The van der Waals surface area contributed by atoms with Crippen LogP contribution in [-0.2, 0) is 38.0 Å². The van der Waals surface area contributed by atoms with Crippen LogP contribution >= 0.6 is 0 Å². The summed E-state index contributed by atoms with van der Waals surface area (Å²) in [5.41, 5.74) is 0.293. The van der Waals surface area contributed by atoms with Gasteiger partial charge in [0.25, 0.3) is 0 Å². The predicted molar refractivity (Wildman–Crippen MR) is 81.1 cm³/mol. The van der Waals surface area contributed by atoms with Crippen LogP contribution in [-0.4, -0.2) is 69.6 Å². The van der Waals surface area contributed by atoms with Gasteiger partial charge in [-0.15, -0.1) is 0 Å². The summed E-state index contributed by atoms with van der Waals surface area (Å²) in [6.07, 6.45) is -0.647. The lowest BCUT2D eigenvalue weighted by Crippen LogP contribution is -2.69. The summed E-state index contributed by atoms with van der Waals surface area (Å²) < 4.78 is 33.1. The molecule has 0 N–H and O–H groups in total. The monoisotopic (exact) mass is 344 g/mol. The number of fused-ring (bicyclic) bond motifs is 1. The maximum atomic E-state index is 12.7. The third-order valence-corrected chi connectivity index (χ3v) is 4.58. The fourth-order valence-corrected chi connectivity index (χ4v) is 2.81. The number of rotatable bonds is 5. The topological polar surface area (TPSA) is 89.5 Å². The van der Waals surface area contributed by atoms with Crippen LogP contribution in [0.4, 0.5) is 0 Å². The van der Waals surface area contributed by atoms with Gasteiger partial charge in [0.15, 0.2) is 11.9 Å². The largest absolute Gasteiger partial charge is 0.461 e. The first-order valence-electron chi connectivity index (χ1n) is 7.58. The smallest absolute Gasteiger partial charge is 0.302 e. The number of carbonyl (C=O) groups excluding carboxylic acids is 2. The van der Waals surface area contributed by atoms with Gasteiger partial charge in [0.05, 0.1) is 0 Å². The molecule has 24 heavy (non-hydrogen) atoms. The molecule has 136 valence electrons. The molecule has 0 aromatic heterocycles. The minimum atomic E-state index is -1.30. The zero-order chi connectivity index (χ0) is 18.1. The van der Waals surface area contributed by atoms with Crippen molar-refractivity contribution in [2.75, 3.05) is 27.9 Å². The van der Waals surface area contributed by atoms with Crippen LogP contribution in [0.15, 0.2) is 11.6 Å². The minimum absolute atomic E-state index is 0.147. The first kappa shape index (κ1) is 19.0. The highest BCUT2D eigenvalue weighted by Crippen LogP contribution is 2.42. The lowest BCUT2D eigenvalue weighted by atomic mass is 9.88. The Kier molecular flexibility index (Phi) is 5.46. The molecular formula is C16H24O8. The Morgan fingerprint density at radius 2 is 1.75 bits per heavy atom. The molecule has 0 amide bonds. The van der Waals surface area contributed by atoms with E-state index >= 15 is 0 Å². The SMILES string of the molecule is CO[C@@H]1C=C(COC(C)=O)C(=O)[C@@H]2O[C@@](C)(OC)[C@](C)(OC)O[C@@H]12. The van der Waals surface area contributed by atoms with Crippen molar-refractivity contribution in [1.82, 2.24) is 0 Å². The molecule has 1 fully saturated rings. The van der Waals surface area contributed by atoms with E-state index < -0.39 is 35.9 Å². The Morgan fingerprint density at radius 1 is 1.17 bits per heavy atom. The lowest BCUT2D eigenvalue weighted by Gasteiger charge is -2.53. The second-order valence-electron chi connectivity index (χ2n) is 5.96. The van der Waals surface area contributed by atoms with Gasteiger partial charge in [-0.25, -0.2) is 0 Å². The fraction of sp³-hybridized carbons (Fsp3) is 0.750. The van der Waals surface area contributed by atoms with Gasteiger partial charge in [-0.3, -0.25) is 9.59 Å². The van der Waals surface area contributed by atoms with Crippen molar-refractivity contribution >= 4 is 11.8 Å². The van der Waals surface area contributed by atoms with Gasteiger partial charge >= 0.3 is 5.97 Å². The molecule has 2 rings (SSSR count). The standard InChI is InChI=1S/C16H24O8/c1-9(17)22-8-10-7-11(19-4)13-14(12(10)18)24-16(3,21-6)15(2,20-5)23-13/h7,11,13-14H,8H2,1-6H3/t11-,13+,14+,15-,16-/m1/s1. The molecule has 1 saturated heterocycles. The van der Waals surface area contributed by atoms with Crippen molar-refractivity contribution in [3.63, 3.8) is 0 Å². The summed E-state index contributed by atoms with van der Waals surface area (Å²) in [4.78, 5) is 23.7. The number of ether oxygens (including phenoxy) is 6. The van der Waals surface area contributed by atoms with Gasteiger partial charge in [0, 0.05) is 33.8 Å². The molecule has 0 bridgehead atoms. The number of methoxy groups -OCH3 is 3. The molecule has 0 unspecified atom stereocenters. The van der Waals surface area contributed by atoms with Crippen LogP contribution in [0.3, 0.4) is 0 Å². The van der Waals surface area contributed by atoms with E-state index in [1.807, 2.05) is 0 Å². The summed E-state index contributed by atoms with van der Waals surface area (Å²) in [6.45, 7) is 4.43. The van der Waals surface area contributed by atoms with Crippen LogP contribution in [0, 0.1) is 0 Å². The maximum Gasteiger partial charge on any atom is 0.302 e. The molecule has 0 saturated carbocycles. The van der Waals surface area contributed by atoms with Crippen LogP contribution in [0.2, 0.25) is 0 Å². The minimum Gasteiger partial charge on any atom is -0.461 e. The quantitative estimate of drug-likeness (QED) is 0.669. The van der Waals surface area contributed by atoms with Crippen molar-refractivity contribution in [1.29, 1.82) is 0 Å². The Bertz CT molecular complexity index is 544. The molecule has 1 aliphatic carbocycles. The average molecular weight is 344 g/mol. The highest BCUT2D eigenvalue weighted by molar-refractivity contribution is 6.01. The van der Waals surface area contributed by atoms with Crippen LogP contribution in [0.25, 0.3) is 0 Å². The molecule has 5 atom stereocenters. The van der Waals surface area contributed by atoms with Gasteiger partial charge in [-0.1, -0.05) is 0 Å². The van der Waals surface area contributed by atoms with Crippen LogP contribution in [0.1, 0.15) is 20.8 Å². The molecule has 8 nitrogen and oxygen atoms in total. The summed E-state index contributed by atoms with van der Waals surface area (Å²) in [7, 11) is 4.40. The zero-order valence-electron chi connectivity index (χ0n) is 14.8. The van der Waals surface area contributed by atoms with Crippen LogP contribution in [0.5, 0.6) is 0 Å². The van der Waals surface area contributed by atoms with Crippen molar-refractivity contribution in [3.05, 3.63) is 11.6 Å². The predicted octanol–water partition coefficient (Wildman–Crippen LogP) is 0.583. The number of esters is 1. The molecule has 1 aliphatic heterocycles. The number of hydrogen-bond donors (Lipinski definition) is 0. The highest BCUT2D eigenvalue weighted by atomic mass is 16.8. The first-order valence-corrected chi connectivity index (χ1v) is 7.58. The number of ketones is 1. The van der Waals surface area contributed by atoms with Gasteiger partial charge in [0.1, 0.15) is 18.8 Å². The van der Waals surface area contributed by atoms with E-state index in [0.29, 0.717) is 5.57 Å². The first-order chi connectivity index (χ1) is 11.2. The van der Waals surface area contributed by atoms with Gasteiger partial charge < -0.3 is 28.4 Å². The Balaban J connectivity index is 2.35. The second kappa shape index (κ2) is 6.89. The van der Waals surface area contributed by atoms with E-state index in [4.69, 9.17) is 28.4 Å². The molecule has 0 aromatic rings. The Morgan fingerprint density at radius 3 is 2.25 bits per heavy atom. The molecular weight excluding hydrogens is 320 g/mol. The van der Waals surface area contributed by atoms with Crippen molar-refractivity contribution < 1.29 is 38.0 Å². The van der Waals surface area contributed by atoms with Crippen molar-refractivity contribution in [2.45, 2.75) is 50.7 Å². The average Bonchev–Trinajstić information content (AvgIpc) is 2.56. The van der Waals surface area contributed by atoms with Gasteiger partial charge in [-0.05, 0) is 19.9 Å². The van der Waals surface area contributed by atoms with Crippen molar-refractivity contribution in [3.8, 4) is 0 Å². The molecule has 1 heterocycles. The zero-order valence-corrected chi connectivity index (χ0v) is 14.8. The summed E-state index contributed by atoms with van der Waals surface area (Å²) in [5.74, 6) is -3.35. The second-order valence-corrected chi connectivity index (χ2v) is 5.96. The number of hydrogen-bond acceptors (Lipinski definition) is 8. The number of carbonyl (C=O) groups is 2.